The van der Waals surface area contributed by atoms with Crippen LogP contribution in [0, 0.1) is 0 Å². The minimum absolute atomic E-state index is 0.0916. The molecule has 6 heteroatoms. The van der Waals surface area contributed by atoms with Crippen LogP contribution >= 0.6 is 11.8 Å². The zero-order chi connectivity index (χ0) is 23.3. The lowest BCUT2D eigenvalue weighted by Crippen LogP contribution is -2.33. The molecule has 1 atom stereocenters. The topological polar surface area (TPSA) is 61.8 Å². The van der Waals surface area contributed by atoms with Crippen molar-refractivity contribution in [1.82, 2.24) is 4.90 Å². The average molecular weight is 450 g/mol. The minimum Gasteiger partial charge on any atom is -0.326 e. The van der Waals surface area contributed by atoms with Crippen LogP contribution in [0.1, 0.15) is 57.1 Å². The molecule has 1 aliphatic rings. The van der Waals surface area contributed by atoms with Crippen LogP contribution in [0.4, 0.5) is 11.4 Å². The van der Waals surface area contributed by atoms with Crippen molar-refractivity contribution in [1.29, 1.82) is 0 Å². The van der Waals surface area contributed by atoms with Crippen LogP contribution in [-0.4, -0.2) is 33.7 Å². The predicted octanol–water partition coefficient (Wildman–Crippen LogP) is 6.08. The van der Waals surface area contributed by atoms with E-state index in [2.05, 4.69) is 56.7 Å². The molecule has 2 amide bonds. The highest BCUT2D eigenvalue weighted by atomic mass is 32.2. The van der Waals surface area contributed by atoms with E-state index in [1.807, 2.05) is 36.4 Å². The van der Waals surface area contributed by atoms with Crippen LogP contribution in [0.3, 0.4) is 0 Å². The van der Waals surface area contributed by atoms with E-state index in [-0.39, 0.29) is 18.2 Å². The number of rotatable bonds is 8. The standard InChI is InChI=1S/C26H31N3O2S/c1-6-15-29-25(31)23(16-24(30)27-21-11-7-19(8-12-21)17(2)3)32-26(29)28-22-13-9-20(10-14-22)18(4)5/h6-14,17-18,23H,1,15-16H2,2-5H3,(H,27,30). The summed E-state index contributed by atoms with van der Waals surface area (Å²) in [5.74, 6) is 0.579. The molecule has 1 saturated heterocycles. The number of amides is 2. The van der Waals surface area contributed by atoms with Gasteiger partial charge in [0.25, 0.3) is 0 Å². The molecule has 2 aromatic carbocycles. The van der Waals surface area contributed by atoms with Gasteiger partial charge in [-0.3, -0.25) is 14.5 Å². The quantitative estimate of drug-likeness (QED) is 0.497. The first-order chi connectivity index (χ1) is 15.3. The van der Waals surface area contributed by atoms with Crippen LogP contribution in [-0.2, 0) is 9.59 Å². The lowest BCUT2D eigenvalue weighted by molar-refractivity contribution is -0.127. The summed E-state index contributed by atoms with van der Waals surface area (Å²) in [7, 11) is 0. The molecule has 3 rings (SSSR count). The zero-order valence-corrected chi connectivity index (χ0v) is 20.0. The highest BCUT2D eigenvalue weighted by Gasteiger charge is 2.38. The summed E-state index contributed by atoms with van der Waals surface area (Å²) in [5.41, 5.74) is 3.97. The van der Waals surface area contributed by atoms with Crippen LogP contribution in [0.2, 0.25) is 0 Å². The normalized spacial score (nSPS) is 17.4. The second-order valence-corrected chi connectivity index (χ2v) is 9.68. The molecule has 0 bridgehead atoms. The number of nitrogens with one attached hydrogen (secondary N) is 1. The molecule has 1 unspecified atom stereocenters. The molecule has 0 radical (unpaired) electrons. The fraction of sp³-hybridized carbons (Fsp3) is 0.346. The van der Waals surface area contributed by atoms with Crippen molar-refractivity contribution < 1.29 is 9.59 Å². The Hall–Kier alpha value is -2.86. The van der Waals surface area contributed by atoms with Gasteiger partial charge in [-0.1, -0.05) is 69.8 Å². The lowest BCUT2D eigenvalue weighted by Gasteiger charge is -2.14. The van der Waals surface area contributed by atoms with E-state index in [1.54, 1.807) is 11.0 Å². The second kappa shape index (κ2) is 10.6. The summed E-state index contributed by atoms with van der Waals surface area (Å²) >= 11 is 1.34. The third-order valence-corrected chi connectivity index (χ3v) is 6.52. The van der Waals surface area contributed by atoms with Crippen molar-refractivity contribution in [2.24, 2.45) is 4.99 Å². The van der Waals surface area contributed by atoms with Crippen molar-refractivity contribution in [3.63, 3.8) is 0 Å². The third-order valence-electron chi connectivity index (χ3n) is 5.35. The zero-order valence-electron chi connectivity index (χ0n) is 19.2. The molecule has 1 fully saturated rings. The number of nitrogens with zero attached hydrogens (tertiary/aromatic N) is 2. The SMILES string of the molecule is C=CCN1C(=O)C(CC(=O)Nc2ccc(C(C)C)cc2)SC1=Nc1ccc(C(C)C)cc1. The van der Waals surface area contributed by atoms with Crippen molar-refractivity contribution in [2.45, 2.75) is 51.2 Å². The minimum atomic E-state index is -0.501. The molecule has 0 aromatic heterocycles. The predicted molar refractivity (Wildman–Crippen MR) is 135 cm³/mol. The first-order valence-corrected chi connectivity index (χ1v) is 11.8. The number of carbonyl (C=O) groups is 2. The number of anilines is 1. The monoisotopic (exact) mass is 449 g/mol. The van der Waals surface area contributed by atoms with Gasteiger partial charge in [-0.2, -0.15) is 0 Å². The van der Waals surface area contributed by atoms with Crippen molar-refractivity contribution in [3.8, 4) is 0 Å². The maximum Gasteiger partial charge on any atom is 0.242 e. The maximum atomic E-state index is 12.9. The van der Waals surface area contributed by atoms with Crippen molar-refractivity contribution >= 4 is 40.1 Å². The molecule has 32 heavy (non-hydrogen) atoms. The van der Waals surface area contributed by atoms with Gasteiger partial charge >= 0.3 is 0 Å². The molecule has 0 spiro atoms. The fourth-order valence-electron chi connectivity index (χ4n) is 3.40. The van der Waals surface area contributed by atoms with Gasteiger partial charge in [0.2, 0.25) is 11.8 Å². The molecule has 2 aromatic rings. The van der Waals surface area contributed by atoms with Crippen LogP contribution < -0.4 is 5.32 Å². The third kappa shape index (κ3) is 5.88. The summed E-state index contributed by atoms with van der Waals surface area (Å²) < 4.78 is 0. The Morgan fingerprint density at radius 3 is 2.16 bits per heavy atom. The van der Waals surface area contributed by atoms with E-state index in [9.17, 15) is 9.59 Å². The van der Waals surface area contributed by atoms with E-state index in [0.29, 0.717) is 23.5 Å². The van der Waals surface area contributed by atoms with Gasteiger partial charge in [-0.15, -0.1) is 6.58 Å². The Balaban J connectivity index is 1.70. The van der Waals surface area contributed by atoms with Gasteiger partial charge < -0.3 is 5.32 Å². The summed E-state index contributed by atoms with van der Waals surface area (Å²) in [6.07, 6.45) is 1.77. The van der Waals surface area contributed by atoms with Gasteiger partial charge in [0.1, 0.15) is 5.25 Å². The molecule has 5 nitrogen and oxygen atoms in total. The van der Waals surface area contributed by atoms with Crippen molar-refractivity contribution in [2.75, 3.05) is 11.9 Å². The fourth-order valence-corrected chi connectivity index (χ4v) is 4.57. The number of benzene rings is 2. The first-order valence-electron chi connectivity index (χ1n) is 11.0. The summed E-state index contributed by atoms with van der Waals surface area (Å²) in [6.45, 7) is 12.7. The van der Waals surface area contributed by atoms with E-state index in [1.165, 1.54) is 22.9 Å². The highest BCUT2D eigenvalue weighted by molar-refractivity contribution is 8.15. The van der Waals surface area contributed by atoms with Crippen LogP contribution in [0.25, 0.3) is 0 Å². The Kier molecular flexibility index (Phi) is 7.91. The van der Waals surface area contributed by atoms with E-state index in [4.69, 9.17) is 0 Å². The smallest absolute Gasteiger partial charge is 0.242 e. The second-order valence-electron chi connectivity index (χ2n) is 8.51. The largest absolute Gasteiger partial charge is 0.326 e. The van der Waals surface area contributed by atoms with Crippen molar-refractivity contribution in [3.05, 3.63) is 72.3 Å². The average Bonchev–Trinajstić information content (AvgIpc) is 3.03. The number of hydrogen-bond donors (Lipinski definition) is 1. The maximum absolute atomic E-state index is 12.9. The summed E-state index contributed by atoms with van der Waals surface area (Å²) in [6, 6.07) is 15.8. The number of thioether (sulfide) groups is 1. The summed E-state index contributed by atoms with van der Waals surface area (Å²) in [5, 5.41) is 3.00. The Morgan fingerprint density at radius 2 is 1.62 bits per heavy atom. The molecule has 1 heterocycles. The van der Waals surface area contributed by atoms with Crippen LogP contribution in [0.5, 0.6) is 0 Å². The van der Waals surface area contributed by atoms with Gasteiger partial charge in [0, 0.05) is 18.7 Å². The number of amidine groups is 1. The van der Waals surface area contributed by atoms with Gasteiger partial charge in [0.15, 0.2) is 5.17 Å². The molecule has 1 aliphatic heterocycles. The van der Waals surface area contributed by atoms with E-state index in [0.717, 1.165) is 11.4 Å². The Labute approximate surface area is 195 Å². The van der Waals surface area contributed by atoms with Gasteiger partial charge in [-0.25, -0.2) is 4.99 Å². The summed E-state index contributed by atoms with van der Waals surface area (Å²) in [4.78, 5) is 31.8. The van der Waals surface area contributed by atoms with Crippen LogP contribution in [0.15, 0.2) is 66.2 Å². The molecular weight excluding hydrogens is 418 g/mol. The number of carbonyl (C=O) groups excluding carboxylic acids is 2. The lowest BCUT2D eigenvalue weighted by atomic mass is 10.0. The molecule has 0 aliphatic carbocycles. The molecule has 168 valence electrons. The van der Waals surface area contributed by atoms with Gasteiger partial charge in [-0.05, 0) is 47.2 Å². The molecular formula is C26H31N3O2S. The number of aliphatic imine (C=N–C) groups is 1. The van der Waals surface area contributed by atoms with E-state index >= 15 is 0 Å². The first kappa shape index (κ1) is 23.8. The van der Waals surface area contributed by atoms with E-state index < -0.39 is 5.25 Å². The molecule has 1 N–H and O–H groups in total. The number of hydrogen-bond acceptors (Lipinski definition) is 4. The highest BCUT2D eigenvalue weighted by Crippen LogP contribution is 2.32. The molecule has 0 saturated carbocycles. The Morgan fingerprint density at radius 1 is 1.06 bits per heavy atom. The Bertz CT molecular complexity index is 995. The van der Waals surface area contributed by atoms with Gasteiger partial charge in [0.05, 0.1) is 5.69 Å².